The molecule has 140 valence electrons. The van der Waals surface area contributed by atoms with Crippen LogP contribution in [0, 0.1) is 0 Å². The molecule has 0 aliphatic heterocycles. The van der Waals surface area contributed by atoms with Gasteiger partial charge in [-0.1, -0.05) is 0 Å². The highest BCUT2D eigenvalue weighted by atomic mass is 32.2. The summed E-state index contributed by atoms with van der Waals surface area (Å²) in [5.74, 6) is -1.10. The van der Waals surface area contributed by atoms with E-state index in [0.29, 0.717) is 31.6 Å². The van der Waals surface area contributed by atoms with Crippen molar-refractivity contribution in [2.24, 2.45) is 0 Å². The highest BCUT2D eigenvalue weighted by molar-refractivity contribution is 7.89. The average Bonchev–Trinajstić information content (AvgIpc) is 2.97. The van der Waals surface area contributed by atoms with Crippen LogP contribution in [0.15, 0.2) is 17.0 Å². The molecule has 0 atom stereocenters. The van der Waals surface area contributed by atoms with Crippen LogP contribution in [0.4, 0.5) is 0 Å². The molecular weight excluding hydrogens is 340 g/mol. The van der Waals surface area contributed by atoms with Gasteiger partial charge in [0.05, 0.1) is 10.5 Å². The number of nitrogens with one attached hydrogen (secondary N) is 1. The third kappa shape index (κ3) is 4.59. The fourth-order valence-electron chi connectivity index (χ4n) is 3.53. The highest BCUT2D eigenvalue weighted by Crippen LogP contribution is 2.30. The number of nitrogens with zero attached hydrogens (tertiary/aromatic N) is 1. The maximum atomic E-state index is 12.8. The molecule has 0 bridgehead atoms. The van der Waals surface area contributed by atoms with Gasteiger partial charge < -0.3 is 5.11 Å². The Morgan fingerprint density at radius 2 is 1.84 bits per heavy atom. The Morgan fingerprint density at radius 3 is 2.40 bits per heavy atom. The van der Waals surface area contributed by atoms with Crippen LogP contribution in [-0.4, -0.2) is 49.6 Å². The van der Waals surface area contributed by atoms with Crippen LogP contribution in [0.25, 0.3) is 0 Å². The number of aromatic carboxylic acids is 1. The monoisotopic (exact) mass is 368 g/mol. The molecule has 1 aliphatic rings. The lowest BCUT2D eigenvalue weighted by atomic mass is 10.1. The van der Waals surface area contributed by atoms with Crippen LogP contribution >= 0.6 is 0 Å². The maximum absolute atomic E-state index is 12.8. The molecule has 0 fully saturated rings. The first-order chi connectivity index (χ1) is 11.6. The van der Waals surface area contributed by atoms with Gasteiger partial charge in [-0.25, -0.2) is 17.9 Å². The Kier molecular flexibility index (Phi) is 6.24. The SMILES string of the molecule is CC(C)N(CCNS(=O)(=O)c1cc(C(=O)O)cc2c1CCC2)C(C)C. The smallest absolute Gasteiger partial charge is 0.335 e. The largest absolute Gasteiger partial charge is 0.478 e. The molecule has 1 aliphatic carbocycles. The van der Waals surface area contributed by atoms with Crippen molar-refractivity contribution in [3.63, 3.8) is 0 Å². The van der Waals surface area contributed by atoms with E-state index in [2.05, 4.69) is 37.3 Å². The third-order valence-electron chi connectivity index (χ3n) is 4.70. The van der Waals surface area contributed by atoms with Crippen molar-refractivity contribution < 1.29 is 18.3 Å². The summed E-state index contributed by atoms with van der Waals surface area (Å²) >= 11 is 0. The number of carboxylic acid groups (broad SMARTS) is 1. The zero-order valence-corrected chi connectivity index (χ0v) is 16.2. The lowest BCUT2D eigenvalue weighted by Crippen LogP contribution is -2.42. The minimum Gasteiger partial charge on any atom is -0.478 e. The van der Waals surface area contributed by atoms with Crippen molar-refractivity contribution in [2.45, 2.75) is 63.9 Å². The second kappa shape index (κ2) is 7.85. The summed E-state index contributed by atoms with van der Waals surface area (Å²) < 4.78 is 28.2. The van der Waals surface area contributed by atoms with Gasteiger partial charge in [-0.05, 0) is 70.2 Å². The molecule has 6 nitrogen and oxygen atoms in total. The van der Waals surface area contributed by atoms with Crippen LogP contribution < -0.4 is 4.72 Å². The third-order valence-corrected chi connectivity index (χ3v) is 6.23. The van der Waals surface area contributed by atoms with E-state index in [-0.39, 0.29) is 10.5 Å². The quantitative estimate of drug-likeness (QED) is 0.735. The maximum Gasteiger partial charge on any atom is 0.335 e. The Morgan fingerprint density at radius 1 is 1.20 bits per heavy atom. The zero-order valence-electron chi connectivity index (χ0n) is 15.4. The van der Waals surface area contributed by atoms with Gasteiger partial charge in [-0.15, -0.1) is 0 Å². The van der Waals surface area contributed by atoms with Gasteiger partial charge in [0.25, 0.3) is 0 Å². The number of carboxylic acids is 1. The summed E-state index contributed by atoms with van der Waals surface area (Å²) in [4.78, 5) is 13.6. The molecule has 1 aromatic rings. The van der Waals surface area contributed by atoms with Gasteiger partial charge in [0.15, 0.2) is 0 Å². The Labute approximate surface area is 150 Å². The van der Waals surface area contributed by atoms with Crippen LogP contribution in [0.3, 0.4) is 0 Å². The fourth-order valence-corrected chi connectivity index (χ4v) is 4.88. The van der Waals surface area contributed by atoms with E-state index in [0.717, 1.165) is 24.0 Å². The van der Waals surface area contributed by atoms with Crippen LogP contribution in [0.1, 0.15) is 55.6 Å². The Balaban J connectivity index is 2.21. The van der Waals surface area contributed by atoms with E-state index in [4.69, 9.17) is 0 Å². The van der Waals surface area contributed by atoms with Crippen molar-refractivity contribution >= 4 is 16.0 Å². The lowest BCUT2D eigenvalue weighted by Gasteiger charge is -2.30. The molecule has 1 aromatic carbocycles. The minimum absolute atomic E-state index is 0.0343. The molecule has 0 heterocycles. The summed E-state index contributed by atoms with van der Waals surface area (Å²) in [6.07, 6.45) is 2.26. The first-order valence-corrected chi connectivity index (χ1v) is 10.3. The Hall–Kier alpha value is -1.44. The van der Waals surface area contributed by atoms with E-state index in [1.165, 1.54) is 6.07 Å². The Bertz CT molecular complexity index is 734. The molecular formula is C18H28N2O4S. The molecule has 0 radical (unpaired) electrons. The highest BCUT2D eigenvalue weighted by Gasteiger charge is 2.26. The number of benzene rings is 1. The van der Waals surface area contributed by atoms with E-state index >= 15 is 0 Å². The topological polar surface area (TPSA) is 86.7 Å². The van der Waals surface area contributed by atoms with Crippen LogP contribution in [0.2, 0.25) is 0 Å². The zero-order chi connectivity index (χ0) is 18.8. The molecule has 25 heavy (non-hydrogen) atoms. The van der Waals surface area contributed by atoms with Gasteiger partial charge in [-0.2, -0.15) is 0 Å². The van der Waals surface area contributed by atoms with Crippen LogP contribution in [0.5, 0.6) is 0 Å². The summed E-state index contributed by atoms with van der Waals surface area (Å²) in [6.45, 7) is 9.23. The standard InChI is InChI=1S/C18H28N2O4S/c1-12(2)20(13(3)4)9-8-19-25(23,24)17-11-15(18(21)22)10-14-6-5-7-16(14)17/h10-13,19H,5-9H2,1-4H3,(H,21,22). The number of hydrogen-bond donors (Lipinski definition) is 2. The molecule has 0 saturated heterocycles. The second-order valence-corrected chi connectivity index (χ2v) is 8.83. The fraction of sp³-hybridized carbons (Fsp3) is 0.611. The predicted molar refractivity (Wildman–Crippen MR) is 97.6 cm³/mol. The van der Waals surface area contributed by atoms with Crippen molar-refractivity contribution in [3.8, 4) is 0 Å². The molecule has 0 amide bonds. The van der Waals surface area contributed by atoms with Gasteiger partial charge >= 0.3 is 5.97 Å². The molecule has 2 N–H and O–H groups in total. The van der Waals surface area contributed by atoms with Gasteiger partial charge in [0.2, 0.25) is 10.0 Å². The summed E-state index contributed by atoms with van der Waals surface area (Å²) in [7, 11) is -3.73. The van der Waals surface area contributed by atoms with E-state index in [1.54, 1.807) is 6.07 Å². The normalized spacial score (nSPS) is 14.5. The van der Waals surface area contributed by atoms with Crippen LogP contribution in [-0.2, 0) is 22.9 Å². The second-order valence-electron chi connectivity index (χ2n) is 7.09. The van der Waals surface area contributed by atoms with Crippen molar-refractivity contribution in [1.82, 2.24) is 9.62 Å². The molecule has 0 spiro atoms. The molecule has 7 heteroatoms. The number of rotatable bonds is 8. The van der Waals surface area contributed by atoms with Crippen molar-refractivity contribution in [1.29, 1.82) is 0 Å². The molecule has 2 rings (SSSR count). The van der Waals surface area contributed by atoms with E-state index in [9.17, 15) is 18.3 Å². The number of hydrogen-bond acceptors (Lipinski definition) is 4. The number of aryl methyl sites for hydroxylation is 1. The number of carbonyl (C=O) groups is 1. The minimum atomic E-state index is -3.73. The molecule has 0 aromatic heterocycles. The van der Waals surface area contributed by atoms with Gasteiger partial charge in [-0.3, -0.25) is 4.90 Å². The van der Waals surface area contributed by atoms with Gasteiger partial charge in [0.1, 0.15) is 0 Å². The number of fused-ring (bicyclic) bond motifs is 1. The number of sulfonamides is 1. The summed E-state index contributed by atoms with van der Waals surface area (Å²) in [5.41, 5.74) is 1.64. The summed E-state index contributed by atoms with van der Waals surface area (Å²) in [6, 6.07) is 3.54. The van der Waals surface area contributed by atoms with Gasteiger partial charge in [0, 0.05) is 25.2 Å². The summed E-state index contributed by atoms with van der Waals surface area (Å²) in [5, 5.41) is 9.26. The predicted octanol–water partition coefficient (Wildman–Crippen LogP) is 2.27. The first kappa shape index (κ1) is 19.9. The average molecular weight is 368 g/mol. The lowest BCUT2D eigenvalue weighted by molar-refractivity contribution is 0.0696. The van der Waals surface area contributed by atoms with E-state index in [1.807, 2.05) is 0 Å². The van der Waals surface area contributed by atoms with E-state index < -0.39 is 16.0 Å². The molecule has 0 unspecified atom stereocenters. The van der Waals surface area contributed by atoms with Crippen molar-refractivity contribution in [3.05, 3.63) is 28.8 Å². The molecule has 0 saturated carbocycles. The van der Waals surface area contributed by atoms with Crippen molar-refractivity contribution in [2.75, 3.05) is 13.1 Å². The first-order valence-electron chi connectivity index (χ1n) is 8.78.